The van der Waals surface area contributed by atoms with Gasteiger partial charge in [0.15, 0.2) is 5.65 Å². The fourth-order valence-corrected chi connectivity index (χ4v) is 3.91. The molecule has 0 unspecified atom stereocenters. The van der Waals surface area contributed by atoms with Crippen molar-refractivity contribution in [2.24, 2.45) is 0 Å². The van der Waals surface area contributed by atoms with Crippen LogP contribution in [-0.2, 0) is 4.74 Å². The highest BCUT2D eigenvalue weighted by atomic mass is 19.1. The number of methoxy groups -OCH3 is 1. The molecule has 10 nitrogen and oxygen atoms in total. The summed E-state index contributed by atoms with van der Waals surface area (Å²) in [5.41, 5.74) is 0.742. The number of carbonyl (C=O) groups is 1. The topological polar surface area (TPSA) is 115 Å². The molecular formula is C21H24FN7O3. The molecule has 0 saturated heterocycles. The lowest BCUT2D eigenvalue weighted by molar-refractivity contribution is 0.00522. The quantitative estimate of drug-likeness (QED) is 0.513. The number of alkyl halides is 1. The Kier molecular flexibility index (Phi) is 5.04. The second-order valence-electron chi connectivity index (χ2n) is 8.14. The number of amides is 1. The van der Waals surface area contributed by atoms with Crippen molar-refractivity contribution in [3.63, 3.8) is 0 Å². The monoisotopic (exact) mass is 441 g/mol. The van der Waals surface area contributed by atoms with Gasteiger partial charge in [0.2, 0.25) is 0 Å². The van der Waals surface area contributed by atoms with Gasteiger partial charge in [-0.1, -0.05) is 0 Å². The van der Waals surface area contributed by atoms with Crippen molar-refractivity contribution in [1.29, 1.82) is 0 Å². The number of rotatable bonds is 7. The number of pyridine rings is 1. The minimum absolute atomic E-state index is 0.101. The smallest absolute Gasteiger partial charge is 0.274 e. The molecule has 0 radical (unpaired) electrons. The lowest BCUT2D eigenvalue weighted by atomic mass is 9.89. The van der Waals surface area contributed by atoms with Crippen molar-refractivity contribution < 1.29 is 13.9 Å². The maximum Gasteiger partial charge on any atom is 0.274 e. The third kappa shape index (κ3) is 3.58. The molecule has 11 heteroatoms. The third-order valence-corrected chi connectivity index (χ3v) is 6.04. The zero-order chi connectivity index (χ0) is 22.4. The van der Waals surface area contributed by atoms with E-state index < -0.39 is 18.1 Å². The molecule has 2 atom stereocenters. The summed E-state index contributed by atoms with van der Waals surface area (Å²) in [5, 5.41) is 13.0. The Morgan fingerprint density at radius 3 is 2.78 bits per heavy atom. The highest BCUT2D eigenvalue weighted by Gasteiger charge is 2.39. The van der Waals surface area contributed by atoms with Gasteiger partial charge in [0.25, 0.3) is 11.5 Å². The molecule has 3 N–H and O–H groups in total. The van der Waals surface area contributed by atoms with Gasteiger partial charge in [0.1, 0.15) is 29.1 Å². The van der Waals surface area contributed by atoms with Crippen molar-refractivity contribution in [3.05, 3.63) is 46.5 Å². The summed E-state index contributed by atoms with van der Waals surface area (Å²) in [7, 11) is 3.39. The first-order valence-electron chi connectivity index (χ1n) is 10.5. The van der Waals surface area contributed by atoms with E-state index >= 15 is 0 Å². The number of fused-ring (bicyclic) bond motifs is 1. The van der Waals surface area contributed by atoms with Crippen LogP contribution >= 0.6 is 0 Å². The van der Waals surface area contributed by atoms with E-state index in [1.807, 2.05) is 6.07 Å². The van der Waals surface area contributed by atoms with Crippen LogP contribution in [0.3, 0.4) is 0 Å². The second kappa shape index (κ2) is 7.90. The number of nitrogens with zero attached hydrogens (tertiary/aromatic N) is 4. The molecule has 0 aromatic carbocycles. The zero-order valence-electron chi connectivity index (χ0n) is 17.7. The first kappa shape index (κ1) is 20.4. The maximum atomic E-state index is 13.2. The average molecular weight is 441 g/mol. The summed E-state index contributed by atoms with van der Waals surface area (Å²) in [6.07, 6.45) is 4.26. The van der Waals surface area contributed by atoms with Crippen molar-refractivity contribution in [1.82, 2.24) is 24.5 Å². The average Bonchev–Trinajstić information content (AvgIpc) is 3.27. The van der Waals surface area contributed by atoms with Crippen molar-refractivity contribution in [3.8, 4) is 0 Å². The van der Waals surface area contributed by atoms with E-state index in [-0.39, 0.29) is 23.3 Å². The molecule has 3 aromatic rings. The van der Waals surface area contributed by atoms with Gasteiger partial charge < -0.3 is 25.3 Å². The normalized spacial score (nSPS) is 24.1. The number of carbonyl (C=O) groups excluding carboxylic acids is 1. The van der Waals surface area contributed by atoms with Crippen LogP contribution in [0.2, 0.25) is 0 Å². The predicted molar refractivity (Wildman–Crippen MR) is 116 cm³/mol. The molecule has 168 valence electrons. The Hall–Kier alpha value is -3.47. The van der Waals surface area contributed by atoms with E-state index in [0.29, 0.717) is 29.4 Å². The molecule has 3 heterocycles. The third-order valence-electron chi connectivity index (χ3n) is 6.04. The van der Waals surface area contributed by atoms with Gasteiger partial charge in [-0.05, 0) is 25.0 Å². The SMILES string of the molecule is CNc1cc(Nc2cccn([C@H]3C[C@@H](OC)C3)c2=O)nc2c(C(=O)N[C@@H]3C[C@@H]3F)cnn12. The minimum atomic E-state index is -1.01. The Balaban J connectivity index is 1.45. The van der Waals surface area contributed by atoms with E-state index in [4.69, 9.17) is 4.74 Å². The largest absolute Gasteiger partial charge is 0.381 e. The molecule has 2 saturated carbocycles. The molecule has 0 aliphatic heterocycles. The van der Waals surface area contributed by atoms with E-state index in [1.54, 1.807) is 37.1 Å². The van der Waals surface area contributed by atoms with Crippen LogP contribution in [0.15, 0.2) is 35.4 Å². The fraction of sp³-hybridized carbons (Fsp3) is 0.429. The Morgan fingerprint density at radius 2 is 2.09 bits per heavy atom. The van der Waals surface area contributed by atoms with Crippen LogP contribution in [0.25, 0.3) is 5.65 Å². The summed E-state index contributed by atoms with van der Waals surface area (Å²) in [5.74, 6) is 0.519. The first-order valence-corrected chi connectivity index (χ1v) is 10.5. The van der Waals surface area contributed by atoms with E-state index in [1.165, 1.54) is 10.7 Å². The molecule has 2 aliphatic carbocycles. The first-order chi connectivity index (χ1) is 15.5. The number of ether oxygens (including phenoxy) is 1. The van der Waals surface area contributed by atoms with E-state index in [0.717, 1.165) is 12.8 Å². The Labute approximate surface area is 182 Å². The van der Waals surface area contributed by atoms with Crippen molar-refractivity contribution in [2.45, 2.75) is 43.6 Å². The minimum Gasteiger partial charge on any atom is -0.381 e. The van der Waals surface area contributed by atoms with E-state index in [2.05, 4.69) is 26.0 Å². The molecule has 5 rings (SSSR count). The second-order valence-corrected chi connectivity index (χ2v) is 8.14. The molecular weight excluding hydrogens is 417 g/mol. The molecule has 2 fully saturated rings. The van der Waals surface area contributed by atoms with Gasteiger partial charge in [-0.15, -0.1) is 0 Å². The standard InChI is InChI=1S/C21H24FN7O3/c1-23-18-9-17(25-15-4-3-5-28(21(15)31)11-6-12(7-11)32-2)27-19-13(10-24-29(18)19)20(30)26-16-8-14(16)22/h3-5,9-12,14,16,23H,6-8H2,1-2H3,(H,25,27)(H,26,30)/t11-,12+,14-,16+/m0/s1. The summed E-state index contributed by atoms with van der Waals surface area (Å²) in [4.78, 5) is 30.1. The van der Waals surface area contributed by atoms with Gasteiger partial charge in [0.05, 0.1) is 18.3 Å². The lowest BCUT2D eigenvalue weighted by Crippen LogP contribution is -2.37. The van der Waals surface area contributed by atoms with Gasteiger partial charge in [-0.25, -0.2) is 9.37 Å². The van der Waals surface area contributed by atoms with Crippen LogP contribution in [0.1, 0.15) is 35.7 Å². The Morgan fingerprint density at radius 1 is 1.31 bits per heavy atom. The molecule has 2 aliphatic rings. The van der Waals surface area contributed by atoms with Crippen molar-refractivity contribution >= 4 is 28.9 Å². The fourth-order valence-electron chi connectivity index (χ4n) is 3.91. The van der Waals surface area contributed by atoms with Gasteiger partial charge >= 0.3 is 0 Å². The van der Waals surface area contributed by atoms with E-state index in [9.17, 15) is 14.0 Å². The van der Waals surface area contributed by atoms with Crippen LogP contribution in [0, 0.1) is 0 Å². The molecule has 32 heavy (non-hydrogen) atoms. The Bertz CT molecular complexity index is 1230. The molecule has 3 aromatic heterocycles. The molecule has 1 amide bonds. The van der Waals surface area contributed by atoms with Crippen LogP contribution < -0.4 is 21.5 Å². The number of halogens is 1. The lowest BCUT2D eigenvalue weighted by Gasteiger charge is -2.35. The van der Waals surface area contributed by atoms with Crippen molar-refractivity contribution in [2.75, 3.05) is 24.8 Å². The maximum absolute atomic E-state index is 13.2. The predicted octanol–water partition coefficient (Wildman–Crippen LogP) is 1.87. The van der Waals surface area contributed by atoms with Crippen LogP contribution in [-0.4, -0.2) is 57.5 Å². The van der Waals surface area contributed by atoms with Gasteiger partial charge in [0, 0.05) is 38.9 Å². The highest BCUT2D eigenvalue weighted by Crippen LogP contribution is 2.33. The molecule has 0 spiro atoms. The number of anilines is 3. The van der Waals surface area contributed by atoms with Crippen LogP contribution in [0.4, 0.5) is 21.7 Å². The highest BCUT2D eigenvalue weighted by molar-refractivity contribution is 6.00. The zero-order valence-corrected chi connectivity index (χ0v) is 17.7. The summed E-state index contributed by atoms with van der Waals surface area (Å²) in [6, 6.07) is 4.83. The summed E-state index contributed by atoms with van der Waals surface area (Å²) < 4.78 is 21.7. The number of hydrogen-bond acceptors (Lipinski definition) is 7. The number of aromatic nitrogens is 4. The van der Waals surface area contributed by atoms with Gasteiger partial charge in [-0.2, -0.15) is 9.61 Å². The number of hydrogen-bond donors (Lipinski definition) is 3. The number of nitrogens with one attached hydrogen (secondary N) is 3. The summed E-state index contributed by atoms with van der Waals surface area (Å²) >= 11 is 0. The van der Waals surface area contributed by atoms with Crippen LogP contribution in [0.5, 0.6) is 0 Å². The van der Waals surface area contributed by atoms with Gasteiger partial charge in [-0.3, -0.25) is 9.59 Å². The molecule has 0 bridgehead atoms. The summed E-state index contributed by atoms with van der Waals surface area (Å²) in [6.45, 7) is 0.